The van der Waals surface area contributed by atoms with E-state index in [1.54, 1.807) is 11.8 Å². The Morgan fingerprint density at radius 2 is 1.80 bits per heavy atom. The molecule has 25 heavy (non-hydrogen) atoms. The number of benzene rings is 2. The molecule has 0 aliphatic carbocycles. The van der Waals surface area contributed by atoms with Gasteiger partial charge < -0.3 is 0 Å². The highest BCUT2D eigenvalue weighted by Gasteiger charge is 2.35. The summed E-state index contributed by atoms with van der Waals surface area (Å²) in [5, 5.41) is 5.72. The summed E-state index contributed by atoms with van der Waals surface area (Å²) >= 11 is 1.70. The highest BCUT2D eigenvalue weighted by Crippen LogP contribution is 2.38. The molecule has 0 N–H and O–H groups in total. The Morgan fingerprint density at radius 3 is 2.52 bits per heavy atom. The number of rotatable bonds is 1. The minimum absolute atomic E-state index is 0.0399. The van der Waals surface area contributed by atoms with Crippen molar-refractivity contribution < 1.29 is 18.0 Å². The van der Waals surface area contributed by atoms with Gasteiger partial charge in [0.25, 0.3) is 0 Å². The molecule has 4 rings (SSSR count). The van der Waals surface area contributed by atoms with Crippen LogP contribution in [0.25, 0.3) is 0 Å². The number of hydrogen-bond acceptors (Lipinski definition) is 3. The molecule has 2 aromatic carbocycles. The molecule has 0 saturated carbocycles. The maximum absolute atomic E-state index is 12.7. The molecule has 0 bridgehead atoms. The van der Waals surface area contributed by atoms with E-state index >= 15 is 0 Å². The van der Waals surface area contributed by atoms with Crippen LogP contribution in [-0.4, -0.2) is 17.4 Å². The van der Waals surface area contributed by atoms with Gasteiger partial charge >= 0.3 is 6.18 Å². The van der Waals surface area contributed by atoms with Gasteiger partial charge in [0, 0.05) is 28.6 Å². The lowest BCUT2D eigenvalue weighted by Gasteiger charge is -2.33. The number of hydrogen-bond donors (Lipinski definition) is 0. The van der Waals surface area contributed by atoms with Crippen LogP contribution in [0.5, 0.6) is 0 Å². The number of hydrazone groups is 1. The number of anilines is 1. The fraction of sp³-hybridized carbons (Fsp3) is 0.222. The zero-order chi connectivity index (χ0) is 17.6. The summed E-state index contributed by atoms with van der Waals surface area (Å²) in [5.74, 6) is 0.620. The van der Waals surface area contributed by atoms with Gasteiger partial charge in [-0.1, -0.05) is 18.2 Å². The van der Waals surface area contributed by atoms with E-state index in [0.717, 1.165) is 34.1 Å². The lowest BCUT2D eigenvalue weighted by molar-refractivity contribution is -0.137. The average Bonchev–Trinajstić information content (AvgIpc) is 2.60. The summed E-state index contributed by atoms with van der Waals surface area (Å²) in [5.41, 5.74) is 1.42. The topological polar surface area (TPSA) is 32.7 Å². The SMILES string of the molecule is O=C1CC2CSc3ccccc3C2=NN1c1ccc(C(F)(F)F)cc1. The Balaban J connectivity index is 1.73. The summed E-state index contributed by atoms with van der Waals surface area (Å²) < 4.78 is 38.1. The second-order valence-corrected chi connectivity index (χ2v) is 7.01. The van der Waals surface area contributed by atoms with Crippen LogP contribution in [0.3, 0.4) is 0 Å². The Kier molecular flexibility index (Phi) is 3.83. The van der Waals surface area contributed by atoms with E-state index in [0.29, 0.717) is 12.1 Å². The summed E-state index contributed by atoms with van der Waals surface area (Å²) in [6.07, 6.45) is -4.10. The van der Waals surface area contributed by atoms with E-state index in [1.165, 1.54) is 17.1 Å². The van der Waals surface area contributed by atoms with Crippen molar-refractivity contribution in [2.75, 3.05) is 10.8 Å². The second-order valence-electron chi connectivity index (χ2n) is 5.94. The van der Waals surface area contributed by atoms with Crippen LogP contribution in [0.15, 0.2) is 58.5 Å². The molecule has 1 amide bonds. The number of fused-ring (bicyclic) bond motifs is 3. The number of nitrogens with zero attached hydrogens (tertiary/aromatic N) is 2. The van der Waals surface area contributed by atoms with E-state index in [1.807, 2.05) is 24.3 Å². The third-order valence-corrected chi connectivity index (χ3v) is 5.53. The molecule has 0 fully saturated rings. The van der Waals surface area contributed by atoms with Crippen molar-refractivity contribution in [2.45, 2.75) is 17.5 Å². The van der Waals surface area contributed by atoms with E-state index in [4.69, 9.17) is 0 Å². The van der Waals surface area contributed by atoms with Crippen molar-refractivity contribution in [1.82, 2.24) is 0 Å². The highest BCUT2D eigenvalue weighted by molar-refractivity contribution is 7.99. The number of amides is 1. The van der Waals surface area contributed by atoms with Crippen LogP contribution in [-0.2, 0) is 11.0 Å². The van der Waals surface area contributed by atoms with Gasteiger partial charge in [-0.3, -0.25) is 4.79 Å². The first-order chi connectivity index (χ1) is 11.9. The van der Waals surface area contributed by atoms with Gasteiger partial charge in [-0.05, 0) is 30.3 Å². The van der Waals surface area contributed by atoms with Gasteiger partial charge in [0.05, 0.1) is 17.0 Å². The fourth-order valence-electron chi connectivity index (χ4n) is 3.04. The minimum Gasteiger partial charge on any atom is -0.273 e. The molecule has 0 radical (unpaired) electrons. The van der Waals surface area contributed by atoms with Crippen molar-refractivity contribution in [1.29, 1.82) is 0 Å². The molecule has 0 saturated heterocycles. The van der Waals surface area contributed by atoms with Crippen molar-refractivity contribution in [2.24, 2.45) is 11.0 Å². The van der Waals surface area contributed by atoms with Gasteiger partial charge in [0.2, 0.25) is 5.91 Å². The Hall–Kier alpha value is -2.28. The molecule has 2 aromatic rings. The third kappa shape index (κ3) is 2.93. The third-order valence-electron chi connectivity index (χ3n) is 4.29. The molecule has 1 atom stereocenters. The van der Waals surface area contributed by atoms with Crippen molar-refractivity contribution >= 4 is 29.1 Å². The Morgan fingerprint density at radius 1 is 1.08 bits per heavy atom. The first-order valence-corrected chi connectivity index (χ1v) is 8.73. The van der Waals surface area contributed by atoms with Crippen LogP contribution >= 0.6 is 11.8 Å². The van der Waals surface area contributed by atoms with Crippen LogP contribution in [0.2, 0.25) is 0 Å². The van der Waals surface area contributed by atoms with E-state index in [2.05, 4.69) is 5.10 Å². The minimum atomic E-state index is -4.40. The largest absolute Gasteiger partial charge is 0.416 e. The number of halogens is 3. The molecular weight excluding hydrogens is 349 g/mol. The van der Waals surface area contributed by atoms with Gasteiger partial charge in [0.15, 0.2) is 0 Å². The van der Waals surface area contributed by atoms with Gasteiger partial charge in [-0.15, -0.1) is 11.8 Å². The van der Waals surface area contributed by atoms with E-state index in [-0.39, 0.29) is 11.8 Å². The van der Waals surface area contributed by atoms with E-state index in [9.17, 15) is 18.0 Å². The van der Waals surface area contributed by atoms with Crippen LogP contribution < -0.4 is 5.01 Å². The summed E-state index contributed by atoms with van der Waals surface area (Å²) in [6, 6.07) is 12.4. The number of thioether (sulfide) groups is 1. The smallest absolute Gasteiger partial charge is 0.273 e. The average molecular weight is 362 g/mol. The molecule has 2 aliphatic rings. The van der Waals surface area contributed by atoms with Crippen LogP contribution in [0.4, 0.5) is 18.9 Å². The highest BCUT2D eigenvalue weighted by atomic mass is 32.2. The van der Waals surface area contributed by atoms with E-state index < -0.39 is 11.7 Å². The standard InChI is InChI=1S/C18H13F3N2OS/c19-18(20,21)12-5-7-13(8-6-12)23-16(24)9-11-10-25-15-4-2-1-3-14(15)17(11)22-23/h1-8,11H,9-10H2. The molecule has 2 aliphatic heterocycles. The Bertz CT molecular complexity index is 861. The number of carbonyl (C=O) groups excluding carboxylic acids is 1. The monoisotopic (exact) mass is 362 g/mol. The lowest BCUT2D eigenvalue weighted by Crippen LogP contribution is -2.39. The first-order valence-electron chi connectivity index (χ1n) is 7.74. The molecular formula is C18H13F3N2OS. The predicted molar refractivity (Wildman–Crippen MR) is 90.7 cm³/mol. The maximum Gasteiger partial charge on any atom is 0.416 e. The fourth-order valence-corrected chi connectivity index (χ4v) is 4.20. The normalized spacial score (nSPS) is 20.0. The number of alkyl halides is 3. The quantitative estimate of drug-likeness (QED) is 0.745. The van der Waals surface area contributed by atoms with Crippen molar-refractivity contribution in [3.05, 3.63) is 59.7 Å². The zero-order valence-corrected chi connectivity index (χ0v) is 13.8. The summed E-state index contributed by atoms with van der Waals surface area (Å²) in [4.78, 5) is 13.5. The van der Waals surface area contributed by atoms with Gasteiger partial charge in [0.1, 0.15) is 0 Å². The Labute approximate surface area is 146 Å². The first kappa shape index (κ1) is 16.2. The molecule has 1 unspecified atom stereocenters. The zero-order valence-electron chi connectivity index (χ0n) is 13.0. The summed E-state index contributed by atoms with van der Waals surface area (Å²) in [7, 11) is 0. The molecule has 2 heterocycles. The predicted octanol–water partition coefficient (Wildman–Crippen LogP) is 4.57. The molecule has 0 spiro atoms. The molecule has 7 heteroatoms. The lowest BCUT2D eigenvalue weighted by atomic mass is 9.93. The molecule has 3 nitrogen and oxygen atoms in total. The maximum atomic E-state index is 12.7. The van der Waals surface area contributed by atoms with Crippen LogP contribution in [0.1, 0.15) is 17.5 Å². The van der Waals surface area contributed by atoms with Gasteiger partial charge in [-0.25, -0.2) is 5.01 Å². The van der Waals surface area contributed by atoms with Crippen LogP contribution in [0, 0.1) is 5.92 Å². The summed E-state index contributed by atoms with van der Waals surface area (Å²) in [6.45, 7) is 0. The number of carbonyl (C=O) groups is 1. The van der Waals surface area contributed by atoms with Gasteiger partial charge in [-0.2, -0.15) is 18.3 Å². The second kappa shape index (κ2) is 5.91. The molecule has 0 aromatic heterocycles. The molecule has 128 valence electrons. The van der Waals surface area contributed by atoms with Crippen molar-refractivity contribution in [3.8, 4) is 0 Å². The van der Waals surface area contributed by atoms with Crippen molar-refractivity contribution in [3.63, 3.8) is 0 Å².